The molecule has 0 saturated heterocycles. The van der Waals surface area contributed by atoms with Crippen LogP contribution in [0.25, 0.3) is 73.7 Å². The summed E-state index contributed by atoms with van der Waals surface area (Å²) in [4.78, 5) is 0. The molecular weight excluding hydrogens is 575 g/mol. The van der Waals surface area contributed by atoms with Gasteiger partial charge in [0, 0.05) is 45.9 Å². The van der Waals surface area contributed by atoms with Crippen molar-refractivity contribution in [3.63, 3.8) is 0 Å². The van der Waals surface area contributed by atoms with Crippen molar-refractivity contribution < 1.29 is 0 Å². The highest BCUT2D eigenvalue weighted by Crippen LogP contribution is 2.41. The number of rotatable bonds is 3. The summed E-state index contributed by atoms with van der Waals surface area (Å²) in [5, 5.41) is 34.7. The standard InChI is InChI=1S/C39H19N3S2/c40-20-23-13-29(21-41)39(30(14-23)22-42)28-16-26(24-10-12-37-34(18-24)32-6-2-4-8-36(32)43-37)15-27(17-28)25-9-11-33-31-5-1-3-7-35(31)44-38(33)19-25/h1-19H. The maximum absolute atomic E-state index is 10.1. The molecule has 44 heavy (non-hydrogen) atoms. The third-order valence-electron chi connectivity index (χ3n) is 8.15. The van der Waals surface area contributed by atoms with E-state index < -0.39 is 0 Å². The molecule has 202 valence electrons. The third-order valence-corrected chi connectivity index (χ3v) is 10.4. The van der Waals surface area contributed by atoms with Crippen LogP contribution >= 0.6 is 22.7 Å². The van der Waals surface area contributed by atoms with Crippen LogP contribution in [0.3, 0.4) is 0 Å². The number of hydrogen-bond donors (Lipinski definition) is 0. The summed E-state index contributed by atoms with van der Waals surface area (Å²) >= 11 is 3.56. The van der Waals surface area contributed by atoms with Gasteiger partial charge in [0.25, 0.3) is 0 Å². The summed E-state index contributed by atoms with van der Waals surface area (Å²) in [5.41, 5.74) is 6.31. The molecule has 2 aromatic heterocycles. The molecule has 0 spiro atoms. The molecule has 0 N–H and O–H groups in total. The predicted molar refractivity (Wildman–Crippen MR) is 183 cm³/mol. The maximum atomic E-state index is 10.1. The van der Waals surface area contributed by atoms with Crippen LogP contribution in [0, 0.1) is 34.0 Å². The van der Waals surface area contributed by atoms with E-state index in [1.54, 1.807) is 34.8 Å². The van der Waals surface area contributed by atoms with E-state index >= 15 is 0 Å². The van der Waals surface area contributed by atoms with E-state index in [1.807, 2.05) is 0 Å². The van der Waals surface area contributed by atoms with Gasteiger partial charge in [-0.25, -0.2) is 0 Å². The molecule has 0 atom stereocenters. The zero-order valence-electron chi connectivity index (χ0n) is 23.1. The number of thiophene rings is 2. The van der Waals surface area contributed by atoms with Gasteiger partial charge >= 0.3 is 0 Å². The second kappa shape index (κ2) is 10.2. The molecule has 2 heterocycles. The van der Waals surface area contributed by atoms with Crippen LogP contribution in [0.5, 0.6) is 0 Å². The fraction of sp³-hybridized carbons (Fsp3) is 0. The Morgan fingerprint density at radius 3 is 1.57 bits per heavy atom. The monoisotopic (exact) mass is 593 g/mol. The summed E-state index contributed by atoms with van der Waals surface area (Å²) in [6, 6.07) is 46.0. The third kappa shape index (κ3) is 4.14. The number of nitriles is 3. The fourth-order valence-electron chi connectivity index (χ4n) is 6.11. The fourth-order valence-corrected chi connectivity index (χ4v) is 8.34. The Kier molecular flexibility index (Phi) is 6.00. The molecule has 0 bridgehead atoms. The molecule has 5 heteroatoms. The van der Waals surface area contributed by atoms with Gasteiger partial charge < -0.3 is 0 Å². The Balaban J connectivity index is 1.39. The molecule has 8 rings (SSSR count). The molecule has 0 fully saturated rings. The van der Waals surface area contributed by atoms with Crippen molar-refractivity contribution in [1.82, 2.24) is 0 Å². The minimum atomic E-state index is 0.295. The molecule has 0 amide bonds. The van der Waals surface area contributed by atoms with Crippen molar-refractivity contribution in [3.8, 4) is 51.6 Å². The second-order valence-electron chi connectivity index (χ2n) is 10.7. The van der Waals surface area contributed by atoms with Gasteiger partial charge in [-0.1, -0.05) is 54.6 Å². The van der Waals surface area contributed by atoms with E-state index in [0.29, 0.717) is 22.3 Å². The zero-order chi connectivity index (χ0) is 29.8. The minimum absolute atomic E-state index is 0.295. The van der Waals surface area contributed by atoms with Gasteiger partial charge in [-0.3, -0.25) is 0 Å². The summed E-state index contributed by atoms with van der Waals surface area (Å²) in [6.07, 6.45) is 0. The first-order valence-electron chi connectivity index (χ1n) is 14.0. The number of benzene rings is 6. The van der Waals surface area contributed by atoms with Crippen molar-refractivity contribution in [2.45, 2.75) is 0 Å². The quantitative estimate of drug-likeness (QED) is 0.205. The SMILES string of the molecule is N#Cc1cc(C#N)c(-c2cc(-c3ccc4c(c3)sc3ccccc34)cc(-c3ccc4sc5ccccc5c4c3)c2)c(C#N)c1. The zero-order valence-corrected chi connectivity index (χ0v) is 24.8. The van der Waals surface area contributed by atoms with Crippen molar-refractivity contribution in [1.29, 1.82) is 15.8 Å². The summed E-state index contributed by atoms with van der Waals surface area (Å²) in [5.74, 6) is 0. The minimum Gasteiger partial charge on any atom is -0.192 e. The molecule has 8 aromatic rings. The lowest BCUT2D eigenvalue weighted by Gasteiger charge is -2.14. The van der Waals surface area contributed by atoms with E-state index in [-0.39, 0.29) is 0 Å². The molecule has 0 saturated carbocycles. The van der Waals surface area contributed by atoms with Gasteiger partial charge in [0.15, 0.2) is 0 Å². The average molecular weight is 594 g/mol. The summed E-state index contributed by atoms with van der Waals surface area (Å²) in [7, 11) is 0. The van der Waals surface area contributed by atoms with Gasteiger partial charge in [0.05, 0.1) is 34.9 Å². The second-order valence-corrected chi connectivity index (χ2v) is 12.9. The number of hydrogen-bond acceptors (Lipinski definition) is 5. The molecule has 0 aliphatic carbocycles. The molecule has 6 aromatic carbocycles. The van der Waals surface area contributed by atoms with Crippen LogP contribution < -0.4 is 0 Å². The Morgan fingerprint density at radius 2 is 0.909 bits per heavy atom. The van der Waals surface area contributed by atoms with E-state index in [1.165, 1.54) is 40.3 Å². The van der Waals surface area contributed by atoms with E-state index in [2.05, 4.69) is 121 Å². The van der Waals surface area contributed by atoms with Crippen molar-refractivity contribution in [2.75, 3.05) is 0 Å². The average Bonchev–Trinajstić information content (AvgIpc) is 3.64. The summed E-state index contributed by atoms with van der Waals surface area (Å²) in [6.45, 7) is 0. The highest BCUT2D eigenvalue weighted by molar-refractivity contribution is 7.26. The van der Waals surface area contributed by atoms with Gasteiger partial charge in [0.2, 0.25) is 0 Å². The maximum Gasteiger partial charge on any atom is 0.0999 e. The first kappa shape index (κ1) is 25.9. The van der Waals surface area contributed by atoms with E-state index in [9.17, 15) is 15.8 Å². The first-order chi connectivity index (χ1) is 21.6. The van der Waals surface area contributed by atoms with E-state index in [4.69, 9.17) is 0 Å². The topological polar surface area (TPSA) is 71.4 Å². The lowest BCUT2D eigenvalue weighted by molar-refractivity contribution is 1.41. The van der Waals surface area contributed by atoms with E-state index in [0.717, 1.165) is 27.8 Å². The van der Waals surface area contributed by atoms with Crippen molar-refractivity contribution >= 4 is 63.0 Å². The Bertz CT molecular complexity index is 2570. The molecule has 0 radical (unpaired) electrons. The molecule has 3 nitrogen and oxygen atoms in total. The van der Waals surface area contributed by atoms with Crippen molar-refractivity contribution in [2.24, 2.45) is 0 Å². The Labute approximate surface area is 261 Å². The highest BCUT2D eigenvalue weighted by atomic mass is 32.1. The highest BCUT2D eigenvalue weighted by Gasteiger charge is 2.17. The van der Waals surface area contributed by atoms with Gasteiger partial charge in [-0.05, 0) is 88.5 Å². The van der Waals surface area contributed by atoms with Gasteiger partial charge in [0.1, 0.15) is 0 Å². The molecular formula is C39H19N3S2. The summed E-state index contributed by atoms with van der Waals surface area (Å²) < 4.78 is 4.93. The normalized spacial score (nSPS) is 11.1. The number of fused-ring (bicyclic) bond motifs is 6. The van der Waals surface area contributed by atoms with Gasteiger partial charge in [-0.15, -0.1) is 22.7 Å². The Morgan fingerprint density at radius 1 is 0.386 bits per heavy atom. The van der Waals surface area contributed by atoms with Gasteiger partial charge in [-0.2, -0.15) is 15.8 Å². The van der Waals surface area contributed by atoms with Crippen LogP contribution in [-0.4, -0.2) is 0 Å². The molecule has 0 aliphatic heterocycles. The lowest BCUT2D eigenvalue weighted by atomic mass is 9.88. The van der Waals surface area contributed by atoms with Crippen LogP contribution in [0.4, 0.5) is 0 Å². The largest absolute Gasteiger partial charge is 0.192 e. The Hall–Kier alpha value is -5.77. The van der Waals surface area contributed by atoms with Crippen LogP contribution in [0.2, 0.25) is 0 Å². The number of nitrogens with zero attached hydrogens (tertiary/aromatic N) is 3. The predicted octanol–water partition coefficient (Wildman–Crippen LogP) is 11.0. The molecule has 0 aliphatic rings. The smallest absolute Gasteiger partial charge is 0.0999 e. The first-order valence-corrected chi connectivity index (χ1v) is 15.6. The van der Waals surface area contributed by atoms with Crippen LogP contribution in [0.15, 0.2) is 115 Å². The van der Waals surface area contributed by atoms with Crippen LogP contribution in [-0.2, 0) is 0 Å². The van der Waals surface area contributed by atoms with Crippen LogP contribution in [0.1, 0.15) is 16.7 Å². The molecule has 0 unspecified atom stereocenters. The lowest BCUT2D eigenvalue weighted by Crippen LogP contribution is -1.94. The van der Waals surface area contributed by atoms with Crippen molar-refractivity contribution in [3.05, 3.63) is 132 Å².